The number of carbonyl (C=O) groups excluding carboxylic acids is 2. The van der Waals surface area contributed by atoms with Crippen LogP contribution in [-0.2, 0) is 26.3 Å². The van der Waals surface area contributed by atoms with Crippen LogP contribution in [0.15, 0.2) is 42.5 Å². The highest BCUT2D eigenvalue weighted by Crippen LogP contribution is 2.26. The van der Waals surface area contributed by atoms with Gasteiger partial charge < -0.3 is 10.2 Å². The van der Waals surface area contributed by atoms with Crippen LogP contribution < -0.4 is 9.62 Å². The van der Waals surface area contributed by atoms with Crippen molar-refractivity contribution in [1.29, 1.82) is 0 Å². The maximum atomic E-state index is 14.7. The minimum absolute atomic E-state index is 0.0817. The summed E-state index contributed by atoms with van der Waals surface area (Å²) in [6.45, 7) is 3.36. The number of nitrogens with one attached hydrogen (secondary N) is 1. The van der Waals surface area contributed by atoms with Crippen LogP contribution in [0.3, 0.4) is 0 Å². The summed E-state index contributed by atoms with van der Waals surface area (Å²) in [7, 11) is -1.69. The van der Waals surface area contributed by atoms with Crippen molar-refractivity contribution < 1.29 is 22.4 Å². The Morgan fingerprint density at radius 2 is 1.76 bits per heavy atom. The van der Waals surface area contributed by atoms with Gasteiger partial charge in [0, 0.05) is 37.2 Å². The second-order valence-corrected chi connectivity index (χ2v) is 11.5. The Hall–Kier alpha value is -2.40. The molecule has 0 radical (unpaired) electrons. The van der Waals surface area contributed by atoms with Gasteiger partial charge in [-0.2, -0.15) is 12.7 Å². The first-order valence-electron chi connectivity index (χ1n) is 11.9. The predicted octanol–water partition coefficient (Wildman–Crippen LogP) is 4.47. The van der Waals surface area contributed by atoms with E-state index in [0.717, 1.165) is 23.2 Å². The van der Waals surface area contributed by atoms with Gasteiger partial charge in [-0.25, -0.2) is 8.70 Å². The molecule has 2 aromatic rings. The lowest BCUT2D eigenvalue weighted by atomic mass is 10.1. The highest BCUT2D eigenvalue weighted by molar-refractivity contribution is 7.90. The first-order valence-corrected chi connectivity index (χ1v) is 14.0. The highest BCUT2D eigenvalue weighted by atomic mass is 35.5. The standard InChI is InChI=1S/C25H33Cl2FN4O4S/c1-5-7-14-29-25(34)22(6-2)31(16-18-12-13-19(26)15-20(18)27)24(33)17-32(37(35,36)30(3)4)23-11-9-8-10-21(23)28/h8-13,15,22H,5-7,14,16-17H2,1-4H3,(H,29,34)/t22-/m1/s1. The molecule has 204 valence electrons. The average molecular weight is 576 g/mol. The molecule has 8 nitrogen and oxygen atoms in total. The van der Waals surface area contributed by atoms with Crippen molar-refractivity contribution in [3.63, 3.8) is 0 Å². The molecule has 1 N–H and O–H groups in total. The molecule has 0 saturated heterocycles. The molecule has 2 aromatic carbocycles. The van der Waals surface area contributed by atoms with Gasteiger partial charge in [-0.3, -0.25) is 9.59 Å². The molecule has 1 atom stereocenters. The number of para-hydroxylation sites is 1. The van der Waals surface area contributed by atoms with Gasteiger partial charge in [-0.15, -0.1) is 0 Å². The molecule has 0 fully saturated rings. The van der Waals surface area contributed by atoms with Crippen LogP contribution in [0.25, 0.3) is 0 Å². The van der Waals surface area contributed by atoms with Crippen LogP contribution in [0, 0.1) is 5.82 Å². The van der Waals surface area contributed by atoms with Crippen LogP contribution in [-0.4, -0.2) is 62.7 Å². The Morgan fingerprint density at radius 1 is 1.08 bits per heavy atom. The summed E-state index contributed by atoms with van der Waals surface area (Å²) in [6.07, 6.45) is 1.90. The second kappa shape index (κ2) is 13.9. The lowest BCUT2D eigenvalue weighted by Crippen LogP contribution is -2.53. The fourth-order valence-electron chi connectivity index (χ4n) is 3.61. The van der Waals surface area contributed by atoms with Gasteiger partial charge in [-0.1, -0.05) is 61.7 Å². The molecule has 0 aliphatic heterocycles. The maximum absolute atomic E-state index is 14.7. The number of hydrogen-bond donors (Lipinski definition) is 1. The highest BCUT2D eigenvalue weighted by Gasteiger charge is 2.34. The summed E-state index contributed by atoms with van der Waals surface area (Å²) < 4.78 is 42.6. The van der Waals surface area contributed by atoms with E-state index in [1.54, 1.807) is 19.1 Å². The number of carbonyl (C=O) groups is 2. The van der Waals surface area contributed by atoms with Crippen LogP contribution in [0.1, 0.15) is 38.7 Å². The van der Waals surface area contributed by atoms with E-state index in [9.17, 15) is 22.4 Å². The van der Waals surface area contributed by atoms with Crippen LogP contribution in [0.5, 0.6) is 0 Å². The molecule has 0 spiro atoms. The summed E-state index contributed by atoms with van der Waals surface area (Å²) in [5.41, 5.74) is 0.238. The normalized spacial score (nSPS) is 12.3. The number of hydrogen-bond acceptors (Lipinski definition) is 4. The zero-order chi connectivity index (χ0) is 27.8. The number of halogens is 3. The van der Waals surface area contributed by atoms with Gasteiger partial charge in [0.25, 0.3) is 0 Å². The number of amides is 2. The van der Waals surface area contributed by atoms with Gasteiger partial charge in [0.15, 0.2) is 0 Å². The van der Waals surface area contributed by atoms with Crippen LogP contribution >= 0.6 is 23.2 Å². The SMILES string of the molecule is CCCCNC(=O)[C@@H](CC)N(Cc1ccc(Cl)cc1Cl)C(=O)CN(c1ccccc1F)S(=O)(=O)N(C)C. The van der Waals surface area contributed by atoms with Crippen molar-refractivity contribution in [2.45, 2.75) is 45.7 Å². The Balaban J connectivity index is 2.52. The van der Waals surface area contributed by atoms with Crippen molar-refractivity contribution in [2.75, 3.05) is 31.5 Å². The molecule has 0 unspecified atom stereocenters. The number of rotatable bonds is 13. The summed E-state index contributed by atoms with van der Waals surface area (Å²) in [4.78, 5) is 28.1. The summed E-state index contributed by atoms with van der Waals surface area (Å²) >= 11 is 12.4. The Bertz CT molecular complexity index is 1200. The summed E-state index contributed by atoms with van der Waals surface area (Å²) in [6, 6.07) is 9.13. The molecule has 37 heavy (non-hydrogen) atoms. The van der Waals surface area contributed by atoms with Crippen molar-refractivity contribution in [1.82, 2.24) is 14.5 Å². The van der Waals surface area contributed by atoms with Gasteiger partial charge in [0.1, 0.15) is 18.4 Å². The number of unbranched alkanes of at least 4 members (excludes halogenated alkanes) is 1. The first kappa shape index (κ1) is 30.8. The van der Waals surface area contributed by atoms with E-state index in [-0.39, 0.29) is 24.6 Å². The minimum Gasteiger partial charge on any atom is -0.354 e. The molecule has 0 aromatic heterocycles. The number of benzene rings is 2. The molecule has 0 saturated carbocycles. The average Bonchev–Trinajstić information content (AvgIpc) is 2.84. The summed E-state index contributed by atoms with van der Waals surface area (Å²) in [5.74, 6) is -1.88. The van der Waals surface area contributed by atoms with Gasteiger partial charge in [-0.05, 0) is 42.7 Å². The van der Waals surface area contributed by atoms with E-state index in [1.807, 2.05) is 6.92 Å². The first-order chi connectivity index (χ1) is 17.4. The number of anilines is 1. The van der Waals surface area contributed by atoms with Crippen molar-refractivity contribution in [2.24, 2.45) is 0 Å². The molecule has 0 bridgehead atoms. The van der Waals surface area contributed by atoms with Crippen molar-refractivity contribution in [3.8, 4) is 0 Å². The molecule has 0 aliphatic carbocycles. The third kappa shape index (κ3) is 8.04. The van der Waals surface area contributed by atoms with Gasteiger partial charge in [0.2, 0.25) is 11.8 Å². The molecule has 12 heteroatoms. The zero-order valence-corrected chi connectivity index (χ0v) is 23.7. The predicted molar refractivity (Wildman–Crippen MR) is 145 cm³/mol. The van der Waals surface area contributed by atoms with Crippen LogP contribution in [0.4, 0.5) is 10.1 Å². The third-order valence-corrected chi connectivity index (χ3v) is 8.10. The summed E-state index contributed by atoms with van der Waals surface area (Å²) in [5, 5.41) is 3.53. The quantitative estimate of drug-likeness (QED) is 0.357. The van der Waals surface area contributed by atoms with Gasteiger partial charge in [0.05, 0.1) is 5.69 Å². The molecule has 0 aliphatic rings. The molecule has 2 rings (SSSR count). The van der Waals surface area contributed by atoms with E-state index in [0.29, 0.717) is 26.5 Å². The minimum atomic E-state index is -4.26. The zero-order valence-electron chi connectivity index (χ0n) is 21.4. The van der Waals surface area contributed by atoms with E-state index < -0.39 is 34.5 Å². The van der Waals surface area contributed by atoms with Crippen LogP contribution in [0.2, 0.25) is 10.0 Å². The lowest BCUT2D eigenvalue weighted by molar-refractivity contribution is -0.140. The molecule has 2 amide bonds. The Kier molecular flexibility index (Phi) is 11.6. The molecule has 0 heterocycles. The molecular weight excluding hydrogens is 542 g/mol. The van der Waals surface area contributed by atoms with Crippen molar-refractivity contribution in [3.05, 3.63) is 63.9 Å². The van der Waals surface area contributed by atoms with E-state index in [4.69, 9.17) is 23.2 Å². The monoisotopic (exact) mass is 574 g/mol. The van der Waals surface area contributed by atoms with E-state index in [2.05, 4.69) is 5.32 Å². The van der Waals surface area contributed by atoms with Crippen molar-refractivity contribution >= 4 is 50.9 Å². The fraction of sp³-hybridized carbons (Fsp3) is 0.440. The second-order valence-electron chi connectivity index (χ2n) is 8.57. The fourth-order valence-corrected chi connectivity index (χ4v) is 5.15. The van der Waals surface area contributed by atoms with E-state index in [1.165, 1.54) is 43.3 Å². The Labute approximate surface area is 228 Å². The largest absolute Gasteiger partial charge is 0.354 e. The smallest absolute Gasteiger partial charge is 0.304 e. The van der Waals surface area contributed by atoms with Gasteiger partial charge >= 0.3 is 10.2 Å². The molecular formula is C25H33Cl2FN4O4S. The number of nitrogens with zero attached hydrogens (tertiary/aromatic N) is 3. The Morgan fingerprint density at radius 3 is 2.32 bits per heavy atom. The third-order valence-electron chi connectivity index (χ3n) is 5.71. The maximum Gasteiger partial charge on any atom is 0.304 e. The van der Waals surface area contributed by atoms with E-state index >= 15 is 0 Å². The lowest BCUT2D eigenvalue weighted by Gasteiger charge is -2.34. The topological polar surface area (TPSA) is 90.0 Å².